The summed E-state index contributed by atoms with van der Waals surface area (Å²) in [4.78, 5) is 8.96. The van der Waals surface area contributed by atoms with Crippen LogP contribution in [0.3, 0.4) is 0 Å². The molecule has 2 fully saturated rings. The number of guanidine groups is 1. The first-order valence-electron chi connectivity index (χ1n) is 9.51. The lowest BCUT2D eigenvalue weighted by Gasteiger charge is -2.60. The van der Waals surface area contributed by atoms with Gasteiger partial charge in [0.05, 0.1) is 12.6 Å². The molecule has 0 spiro atoms. The third kappa shape index (κ3) is 3.46. The average Bonchev–Trinajstić information content (AvgIpc) is 2.97. The zero-order chi connectivity index (χ0) is 17.6. The molecule has 7 nitrogen and oxygen atoms in total. The van der Waals surface area contributed by atoms with Crippen molar-refractivity contribution in [3.63, 3.8) is 0 Å². The lowest BCUT2D eigenvalue weighted by Crippen LogP contribution is -2.71. The lowest BCUT2D eigenvalue weighted by atomic mass is 9.55. The highest BCUT2D eigenvalue weighted by atomic mass is 127. The fraction of sp³-hybridized carbons (Fsp3) is 0.833. The maximum Gasteiger partial charge on any atom is 0.191 e. The number of nitrogens with zero attached hydrogens (tertiary/aromatic N) is 4. The van der Waals surface area contributed by atoms with Gasteiger partial charge in [0.15, 0.2) is 5.96 Å². The molecule has 0 aromatic carbocycles. The number of aromatic nitrogens is 3. The average molecular weight is 474 g/mol. The van der Waals surface area contributed by atoms with Gasteiger partial charge in [-0.3, -0.25) is 4.99 Å². The molecule has 1 aliphatic carbocycles. The summed E-state index contributed by atoms with van der Waals surface area (Å²) >= 11 is 0. The van der Waals surface area contributed by atoms with E-state index in [-0.39, 0.29) is 29.4 Å². The van der Waals surface area contributed by atoms with Crippen molar-refractivity contribution in [2.45, 2.75) is 71.2 Å². The zero-order valence-corrected chi connectivity index (χ0v) is 18.5. The largest absolute Gasteiger partial charge is 0.377 e. The number of fused-ring (bicyclic) bond motifs is 2. The molecule has 26 heavy (non-hydrogen) atoms. The molecule has 8 heteroatoms. The summed E-state index contributed by atoms with van der Waals surface area (Å²) < 4.78 is 8.04. The number of aliphatic imine (C=N–C) groups is 1. The Morgan fingerprint density at radius 2 is 2.12 bits per heavy atom. The Hall–Kier alpha value is -0.900. The van der Waals surface area contributed by atoms with E-state index in [9.17, 15) is 0 Å². The molecule has 146 valence electrons. The molecule has 0 radical (unpaired) electrons. The summed E-state index contributed by atoms with van der Waals surface area (Å²) in [5.41, 5.74) is 0.144. The smallest absolute Gasteiger partial charge is 0.191 e. The van der Waals surface area contributed by atoms with Crippen LogP contribution in [0.5, 0.6) is 0 Å². The van der Waals surface area contributed by atoms with E-state index in [0.29, 0.717) is 24.1 Å². The molecule has 3 heterocycles. The quantitative estimate of drug-likeness (QED) is 0.389. The van der Waals surface area contributed by atoms with Crippen LogP contribution in [0.15, 0.2) is 4.99 Å². The number of hydrogen-bond acceptors (Lipinski definition) is 4. The molecule has 1 aromatic heterocycles. The van der Waals surface area contributed by atoms with Crippen LogP contribution < -0.4 is 10.6 Å². The van der Waals surface area contributed by atoms with Crippen molar-refractivity contribution in [2.75, 3.05) is 13.7 Å². The van der Waals surface area contributed by atoms with E-state index in [0.717, 1.165) is 43.6 Å². The minimum absolute atomic E-state index is 0. The second-order valence-corrected chi connectivity index (χ2v) is 8.25. The summed E-state index contributed by atoms with van der Waals surface area (Å²) in [5.74, 6) is 3.45. The van der Waals surface area contributed by atoms with E-state index in [2.05, 4.69) is 39.6 Å². The predicted molar refractivity (Wildman–Crippen MR) is 112 cm³/mol. The molecule has 4 rings (SSSR count). The van der Waals surface area contributed by atoms with Gasteiger partial charge in [0.2, 0.25) is 0 Å². The number of nitrogens with one attached hydrogen (secondary N) is 2. The molecular weight excluding hydrogens is 443 g/mol. The first-order chi connectivity index (χ1) is 12.0. The fourth-order valence-electron chi connectivity index (χ4n) is 4.88. The van der Waals surface area contributed by atoms with Gasteiger partial charge in [-0.2, -0.15) is 5.10 Å². The summed E-state index contributed by atoms with van der Waals surface area (Å²) in [5, 5.41) is 11.8. The molecule has 2 aliphatic heterocycles. The number of aryl methyl sites for hydroxylation is 2. The standard InChI is InChI=1S/C18H30N6O.HI/c1-11-20-14-8-7-12(10-24(14)23-11)21-17(19-4)22-15-13-6-5-9-25-16(13)18(15,2)3;/h12-13,15-16H,5-10H2,1-4H3,(H2,19,21,22);1H. The Bertz CT molecular complexity index is 673. The Labute approximate surface area is 172 Å². The van der Waals surface area contributed by atoms with E-state index < -0.39 is 0 Å². The van der Waals surface area contributed by atoms with Crippen LogP contribution in [0.25, 0.3) is 0 Å². The van der Waals surface area contributed by atoms with Crippen molar-refractivity contribution in [2.24, 2.45) is 16.3 Å². The second kappa shape index (κ2) is 7.61. The molecule has 4 unspecified atom stereocenters. The third-order valence-electron chi connectivity index (χ3n) is 6.15. The van der Waals surface area contributed by atoms with Crippen molar-refractivity contribution in [1.29, 1.82) is 0 Å². The SMILES string of the molecule is CN=C(NC1CCc2nc(C)nn2C1)NC1C2CCCOC2C1(C)C.I. The van der Waals surface area contributed by atoms with Crippen molar-refractivity contribution in [1.82, 2.24) is 25.4 Å². The molecule has 1 saturated heterocycles. The molecule has 1 saturated carbocycles. The van der Waals surface area contributed by atoms with Gasteiger partial charge in [-0.1, -0.05) is 13.8 Å². The van der Waals surface area contributed by atoms with Gasteiger partial charge in [0.25, 0.3) is 0 Å². The van der Waals surface area contributed by atoms with Gasteiger partial charge in [0.1, 0.15) is 11.6 Å². The van der Waals surface area contributed by atoms with Gasteiger partial charge in [-0.25, -0.2) is 9.67 Å². The van der Waals surface area contributed by atoms with Crippen LogP contribution in [0.4, 0.5) is 0 Å². The van der Waals surface area contributed by atoms with Crippen LogP contribution in [0, 0.1) is 18.3 Å². The Kier molecular flexibility index (Phi) is 5.81. The van der Waals surface area contributed by atoms with Crippen LogP contribution in [-0.4, -0.2) is 52.6 Å². The van der Waals surface area contributed by atoms with Gasteiger partial charge in [0, 0.05) is 43.5 Å². The van der Waals surface area contributed by atoms with Gasteiger partial charge < -0.3 is 15.4 Å². The van der Waals surface area contributed by atoms with E-state index in [1.165, 1.54) is 12.8 Å². The highest BCUT2D eigenvalue weighted by molar-refractivity contribution is 14.0. The molecule has 1 aromatic rings. The Balaban J connectivity index is 0.00000196. The Morgan fingerprint density at radius 1 is 1.31 bits per heavy atom. The van der Waals surface area contributed by atoms with Crippen LogP contribution in [-0.2, 0) is 17.7 Å². The third-order valence-corrected chi connectivity index (χ3v) is 6.15. The molecule has 4 atom stereocenters. The first-order valence-corrected chi connectivity index (χ1v) is 9.51. The van der Waals surface area contributed by atoms with E-state index in [4.69, 9.17) is 4.74 Å². The Morgan fingerprint density at radius 3 is 2.88 bits per heavy atom. The maximum absolute atomic E-state index is 6.01. The van der Waals surface area contributed by atoms with E-state index >= 15 is 0 Å². The van der Waals surface area contributed by atoms with Gasteiger partial charge in [-0.05, 0) is 26.2 Å². The molecule has 3 aliphatic rings. The molecule has 0 amide bonds. The predicted octanol–water partition coefficient (Wildman–Crippen LogP) is 1.89. The van der Waals surface area contributed by atoms with Gasteiger partial charge in [-0.15, -0.1) is 24.0 Å². The van der Waals surface area contributed by atoms with E-state index in [1.54, 1.807) is 0 Å². The molecule has 0 bridgehead atoms. The summed E-state index contributed by atoms with van der Waals surface area (Å²) in [6.07, 6.45) is 4.81. The van der Waals surface area contributed by atoms with Crippen LogP contribution in [0.2, 0.25) is 0 Å². The van der Waals surface area contributed by atoms with Crippen molar-refractivity contribution in [3.05, 3.63) is 11.6 Å². The fourth-order valence-corrected chi connectivity index (χ4v) is 4.88. The minimum Gasteiger partial charge on any atom is -0.377 e. The summed E-state index contributed by atoms with van der Waals surface area (Å²) in [6.45, 7) is 8.31. The molecular formula is C18H31IN6O. The van der Waals surface area contributed by atoms with Crippen molar-refractivity contribution < 1.29 is 4.74 Å². The van der Waals surface area contributed by atoms with Crippen LogP contribution >= 0.6 is 24.0 Å². The first kappa shape index (κ1) is 19.9. The second-order valence-electron chi connectivity index (χ2n) is 8.25. The maximum atomic E-state index is 6.01. The number of ether oxygens (including phenoxy) is 1. The highest BCUT2D eigenvalue weighted by Crippen LogP contribution is 2.51. The van der Waals surface area contributed by atoms with Crippen molar-refractivity contribution in [3.8, 4) is 0 Å². The summed E-state index contributed by atoms with van der Waals surface area (Å²) in [6, 6.07) is 0.748. The minimum atomic E-state index is 0. The summed E-state index contributed by atoms with van der Waals surface area (Å²) in [7, 11) is 1.85. The van der Waals surface area contributed by atoms with Crippen LogP contribution in [0.1, 0.15) is 44.8 Å². The van der Waals surface area contributed by atoms with Crippen molar-refractivity contribution >= 4 is 29.9 Å². The van der Waals surface area contributed by atoms with E-state index in [1.807, 2.05) is 18.7 Å². The normalized spacial score (nSPS) is 32.5. The molecule has 2 N–H and O–H groups in total. The monoisotopic (exact) mass is 474 g/mol. The zero-order valence-electron chi connectivity index (χ0n) is 16.2. The lowest BCUT2D eigenvalue weighted by molar-refractivity contribution is -0.188. The van der Waals surface area contributed by atoms with Gasteiger partial charge >= 0.3 is 0 Å². The number of rotatable bonds is 2. The highest BCUT2D eigenvalue weighted by Gasteiger charge is 2.58. The number of halogens is 1. The number of hydrogen-bond donors (Lipinski definition) is 2. The topological polar surface area (TPSA) is 76.4 Å².